The summed E-state index contributed by atoms with van der Waals surface area (Å²) in [5.41, 5.74) is 3.06. The maximum Gasteiger partial charge on any atom is 0.244 e. The Labute approximate surface area is 182 Å². The van der Waals surface area contributed by atoms with E-state index in [0.29, 0.717) is 12.2 Å². The smallest absolute Gasteiger partial charge is 0.244 e. The number of ether oxygens (including phenoxy) is 1. The summed E-state index contributed by atoms with van der Waals surface area (Å²) >= 11 is 0. The molecule has 0 unspecified atom stereocenters. The summed E-state index contributed by atoms with van der Waals surface area (Å²) in [4.78, 5) is 0.156. The second-order valence-corrected chi connectivity index (χ2v) is 8.80. The van der Waals surface area contributed by atoms with Crippen LogP contribution in [0.1, 0.15) is 11.1 Å². The lowest BCUT2D eigenvalue weighted by molar-refractivity contribution is 0.414. The van der Waals surface area contributed by atoms with Gasteiger partial charge < -0.3 is 4.74 Å². The van der Waals surface area contributed by atoms with Crippen LogP contribution in [0.4, 0.5) is 0 Å². The van der Waals surface area contributed by atoms with E-state index < -0.39 is 10.0 Å². The quantitative estimate of drug-likeness (QED) is 0.454. The van der Waals surface area contributed by atoms with Crippen LogP contribution in [-0.4, -0.2) is 25.3 Å². The topological polar surface area (TPSA) is 73.2 Å². The zero-order valence-corrected chi connectivity index (χ0v) is 17.9. The fourth-order valence-electron chi connectivity index (χ4n) is 3.25. The molecular weight excluding hydrogens is 410 g/mol. The van der Waals surface area contributed by atoms with E-state index in [2.05, 4.69) is 9.82 Å². The molecule has 0 aliphatic rings. The van der Waals surface area contributed by atoms with Crippen molar-refractivity contribution in [2.75, 3.05) is 7.11 Å². The van der Waals surface area contributed by atoms with Crippen molar-refractivity contribution in [3.63, 3.8) is 0 Å². The molecule has 0 aliphatic carbocycles. The largest absolute Gasteiger partial charge is 0.497 e. The summed E-state index contributed by atoms with van der Waals surface area (Å²) in [7, 11) is -2.20. The lowest BCUT2D eigenvalue weighted by atomic mass is 10.2. The van der Waals surface area contributed by atoms with Crippen LogP contribution < -0.4 is 9.46 Å². The average molecular weight is 434 g/mol. The van der Waals surface area contributed by atoms with Gasteiger partial charge in [-0.15, -0.1) is 0 Å². The lowest BCUT2D eigenvalue weighted by Gasteiger charge is -2.08. The van der Waals surface area contributed by atoms with Gasteiger partial charge in [0.1, 0.15) is 16.3 Å². The second kappa shape index (κ2) is 9.16. The average Bonchev–Trinajstić information content (AvgIpc) is 3.24. The Bertz CT molecular complexity index is 1240. The van der Waals surface area contributed by atoms with Crippen molar-refractivity contribution in [2.24, 2.45) is 0 Å². The van der Waals surface area contributed by atoms with Gasteiger partial charge in [0, 0.05) is 18.3 Å². The van der Waals surface area contributed by atoms with Gasteiger partial charge in [0.2, 0.25) is 10.0 Å². The highest BCUT2D eigenvalue weighted by Gasteiger charge is 2.23. The monoisotopic (exact) mass is 433 g/mol. The summed E-state index contributed by atoms with van der Waals surface area (Å²) in [6.07, 6.45) is 1.59. The SMILES string of the molecule is COc1ccc(CNS(=O)(=O)c2cn(Cc3ccccc3)nc2-c2ccccc2)cc1. The van der Waals surface area contributed by atoms with E-state index in [9.17, 15) is 8.42 Å². The molecule has 0 bridgehead atoms. The Morgan fingerprint density at radius 2 is 1.52 bits per heavy atom. The van der Waals surface area contributed by atoms with Crippen molar-refractivity contribution in [2.45, 2.75) is 18.0 Å². The number of hydrogen-bond donors (Lipinski definition) is 1. The van der Waals surface area contributed by atoms with Gasteiger partial charge in [-0.3, -0.25) is 4.68 Å². The number of aromatic nitrogens is 2. The molecule has 0 aliphatic heterocycles. The molecule has 0 amide bonds. The minimum absolute atomic E-state index is 0.156. The van der Waals surface area contributed by atoms with Crippen LogP contribution in [0.25, 0.3) is 11.3 Å². The molecule has 0 atom stereocenters. The minimum Gasteiger partial charge on any atom is -0.497 e. The summed E-state index contributed by atoms with van der Waals surface area (Å²) in [5.74, 6) is 0.722. The van der Waals surface area contributed by atoms with Crippen molar-refractivity contribution in [1.82, 2.24) is 14.5 Å². The van der Waals surface area contributed by atoms with Crippen LogP contribution in [-0.2, 0) is 23.1 Å². The summed E-state index contributed by atoms with van der Waals surface area (Å²) in [6, 6.07) is 26.4. The van der Waals surface area contributed by atoms with Crippen molar-refractivity contribution >= 4 is 10.0 Å². The Morgan fingerprint density at radius 1 is 0.871 bits per heavy atom. The maximum absolute atomic E-state index is 13.2. The van der Waals surface area contributed by atoms with Gasteiger partial charge in [0.05, 0.1) is 13.7 Å². The first-order valence-corrected chi connectivity index (χ1v) is 11.3. The lowest BCUT2D eigenvalue weighted by Crippen LogP contribution is -2.23. The fourth-order valence-corrected chi connectivity index (χ4v) is 4.43. The van der Waals surface area contributed by atoms with Crippen LogP contribution in [0.5, 0.6) is 5.75 Å². The van der Waals surface area contributed by atoms with Crippen LogP contribution in [0.2, 0.25) is 0 Å². The molecule has 1 aromatic heterocycles. The summed E-state index contributed by atoms with van der Waals surface area (Å²) < 4.78 is 35.9. The van der Waals surface area contributed by atoms with Crippen LogP contribution in [0.15, 0.2) is 96.0 Å². The molecule has 0 fully saturated rings. The Morgan fingerprint density at radius 3 is 2.16 bits per heavy atom. The summed E-state index contributed by atoms with van der Waals surface area (Å²) in [6.45, 7) is 0.652. The molecule has 6 nitrogen and oxygen atoms in total. The number of hydrogen-bond acceptors (Lipinski definition) is 4. The van der Waals surface area contributed by atoms with Gasteiger partial charge in [-0.2, -0.15) is 5.10 Å². The molecule has 0 radical (unpaired) electrons. The number of nitrogens with one attached hydrogen (secondary N) is 1. The number of nitrogens with zero attached hydrogens (tertiary/aromatic N) is 2. The Balaban J connectivity index is 1.64. The Hall–Kier alpha value is -3.42. The van der Waals surface area contributed by atoms with E-state index in [1.807, 2.05) is 72.8 Å². The third-order valence-corrected chi connectivity index (χ3v) is 6.28. The van der Waals surface area contributed by atoms with Gasteiger partial charge in [-0.05, 0) is 23.3 Å². The molecule has 0 saturated carbocycles. The molecule has 0 saturated heterocycles. The standard InChI is InChI=1S/C24H23N3O3S/c1-30-22-14-12-19(13-15-22)16-25-31(28,29)23-18-27(17-20-8-4-2-5-9-20)26-24(23)21-10-6-3-7-11-21/h2-15,18,25H,16-17H2,1H3. The van der Waals surface area contributed by atoms with Crippen LogP contribution in [0, 0.1) is 0 Å². The molecule has 4 aromatic rings. The minimum atomic E-state index is -3.79. The maximum atomic E-state index is 13.2. The first kappa shape index (κ1) is 20.8. The second-order valence-electron chi connectivity index (χ2n) is 7.06. The number of sulfonamides is 1. The Kier molecular flexibility index (Phi) is 6.16. The zero-order valence-electron chi connectivity index (χ0n) is 17.1. The number of rotatable bonds is 8. The van der Waals surface area contributed by atoms with Crippen LogP contribution in [0.3, 0.4) is 0 Å². The fraction of sp³-hybridized carbons (Fsp3) is 0.125. The highest BCUT2D eigenvalue weighted by molar-refractivity contribution is 7.89. The molecule has 4 rings (SSSR count). The van der Waals surface area contributed by atoms with Gasteiger partial charge >= 0.3 is 0 Å². The molecule has 1 N–H and O–H groups in total. The van der Waals surface area contributed by atoms with Gasteiger partial charge in [-0.25, -0.2) is 13.1 Å². The highest BCUT2D eigenvalue weighted by Crippen LogP contribution is 2.26. The van der Waals surface area contributed by atoms with Crippen LogP contribution >= 0.6 is 0 Å². The molecule has 31 heavy (non-hydrogen) atoms. The molecule has 0 spiro atoms. The third-order valence-electron chi connectivity index (χ3n) is 4.88. The van der Waals surface area contributed by atoms with Gasteiger partial charge in [-0.1, -0.05) is 72.8 Å². The van der Waals surface area contributed by atoms with Crippen molar-refractivity contribution < 1.29 is 13.2 Å². The van der Waals surface area contributed by atoms with E-state index in [1.54, 1.807) is 30.1 Å². The zero-order chi connectivity index (χ0) is 21.7. The molecule has 158 valence electrons. The predicted octanol–water partition coefficient (Wildman–Crippen LogP) is 4.09. The van der Waals surface area contributed by atoms with Gasteiger partial charge in [0.15, 0.2) is 0 Å². The predicted molar refractivity (Wildman–Crippen MR) is 120 cm³/mol. The molecule has 3 aromatic carbocycles. The van der Waals surface area contributed by atoms with E-state index in [0.717, 1.165) is 22.4 Å². The summed E-state index contributed by atoms with van der Waals surface area (Å²) in [5, 5.41) is 4.60. The molecule has 7 heteroatoms. The molecular formula is C24H23N3O3S. The number of methoxy groups -OCH3 is 1. The first-order chi connectivity index (χ1) is 15.0. The third kappa shape index (κ3) is 5.02. The van der Waals surface area contributed by atoms with Crippen molar-refractivity contribution in [3.05, 3.63) is 102 Å². The number of benzene rings is 3. The first-order valence-electron chi connectivity index (χ1n) is 9.84. The normalized spacial score (nSPS) is 11.4. The van der Waals surface area contributed by atoms with E-state index >= 15 is 0 Å². The van der Waals surface area contributed by atoms with Crippen molar-refractivity contribution in [1.29, 1.82) is 0 Å². The van der Waals surface area contributed by atoms with E-state index in [4.69, 9.17) is 4.74 Å². The van der Waals surface area contributed by atoms with Crippen molar-refractivity contribution in [3.8, 4) is 17.0 Å². The molecule has 1 heterocycles. The highest BCUT2D eigenvalue weighted by atomic mass is 32.2. The van der Waals surface area contributed by atoms with Gasteiger partial charge in [0.25, 0.3) is 0 Å². The van der Waals surface area contributed by atoms with E-state index in [-0.39, 0.29) is 11.4 Å². The van der Waals surface area contributed by atoms with E-state index in [1.165, 1.54) is 0 Å².